The van der Waals surface area contributed by atoms with Gasteiger partial charge in [0.25, 0.3) is 0 Å². The van der Waals surface area contributed by atoms with Crippen molar-refractivity contribution >= 4 is 5.97 Å². The molecule has 3 saturated heterocycles. The zero-order valence-corrected chi connectivity index (χ0v) is 10.3. The Kier molecular flexibility index (Phi) is 3.09. The van der Waals surface area contributed by atoms with Crippen molar-refractivity contribution in [2.45, 2.75) is 56.7 Å². The fourth-order valence-corrected chi connectivity index (χ4v) is 4.06. The molecule has 0 aliphatic carbocycles. The molecule has 3 atom stereocenters. The highest BCUT2D eigenvalue weighted by Crippen LogP contribution is 2.34. The van der Waals surface area contributed by atoms with E-state index < -0.39 is 5.97 Å². The van der Waals surface area contributed by atoms with Gasteiger partial charge in [-0.05, 0) is 45.2 Å². The Balaban J connectivity index is 1.75. The number of piperidine rings is 1. The summed E-state index contributed by atoms with van der Waals surface area (Å²) in [5.74, 6) is -0.610. The van der Waals surface area contributed by atoms with E-state index in [-0.39, 0.29) is 6.04 Å². The van der Waals surface area contributed by atoms with Gasteiger partial charge in [0.15, 0.2) is 0 Å². The van der Waals surface area contributed by atoms with Gasteiger partial charge in [0.2, 0.25) is 0 Å². The van der Waals surface area contributed by atoms with Crippen LogP contribution in [-0.4, -0.2) is 58.6 Å². The van der Waals surface area contributed by atoms with E-state index in [4.69, 9.17) is 0 Å². The smallest absolute Gasteiger partial charge is 0.320 e. The van der Waals surface area contributed by atoms with Gasteiger partial charge in [-0.1, -0.05) is 6.42 Å². The lowest BCUT2D eigenvalue weighted by molar-refractivity contribution is -0.146. The van der Waals surface area contributed by atoms with E-state index >= 15 is 0 Å². The topological polar surface area (TPSA) is 43.8 Å². The van der Waals surface area contributed by atoms with E-state index in [1.54, 1.807) is 0 Å². The summed E-state index contributed by atoms with van der Waals surface area (Å²) in [7, 11) is 0. The molecule has 0 aromatic rings. The van der Waals surface area contributed by atoms with Gasteiger partial charge >= 0.3 is 5.97 Å². The zero-order valence-electron chi connectivity index (χ0n) is 10.3. The molecule has 96 valence electrons. The highest BCUT2D eigenvalue weighted by molar-refractivity contribution is 5.73. The number of carbonyl (C=O) groups is 1. The Morgan fingerprint density at radius 2 is 1.82 bits per heavy atom. The lowest BCUT2D eigenvalue weighted by Crippen LogP contribution is -2.53. The maximum absolute atomic E-state index is 11.4. The van der Waals surface area contributed by atoms with Crippen LogP contribution in [0.3, 0.4) is 0 Å². The normalized spacial score (nSPS) is 39.4. The molecule has 0 spiro atoms. The summed E-state index contributed by atoms with van der Waals surface area (Å²) in [6.45, 7) is 3.40. The minimum atomic E-state index is -0.610. The van der Waals surface area contributed by atoms with Gasteiger partial charge in [-0.15, -0.1) is 0 Å². The summed E-state index contributed by atoms with van der Waals surface area (Å²) in [5.41, 5.74) is 0. The molecule has 0 bridgehead atoms. The Hall–Kier alpha value is -0.610. The second-order valence-electron chi connectivity index (χ2n) is 5.69. The predicted molar refractivity (Wildman–Crippen MR) is 65.0 cm³/mol. The molecule has 0 aromatic heterocycles. The summed E-state index contributed by atoms with van der Waals surface area (Å²) in [6.07, 6.45) is 6.84. The number of carboxylic acids is 1. The molecule has 0 saturated carbocycles. The minimum absolute atomic E-state index is 0.214. The van der Waals surface area contributed by atoms with Crippen molar-refractivity contribution in [2.24, 2.45) is 0 Å². The average Bonchev–Trinajstić information content (AvgIpc) is 2.90. The number of carboxylic acid groups (broad SMARTS) is 1. The Morgan fingerprint density at radius 1 is 0.941 bits per heavy atom. The van der Waals surface area contributed by atoms with Gasteiger partial charge in [-0.2, -0.15) is 0 Å². The van der Waals surface area contributed by atoms with Crippen molar-refractivity contribution in [3.05, 3.63) is 0 Å². The average molecular weight is 238 g/mol. The molecule has 0 radical (unpaired) electrons. The second kappa shape index (κ2) is 4.58. The Morgan fingerprint density at radius 3 is 2.65 bits per heavy atom. The van der Waals surface area contributed by atoms with Gasteiger partial charge in [0, 0.05) is 18.6 Å². The molecule has 17 heavy (non-hydrogen) atoms. The monoisotopic (exact) mass is 238 g/mol. The third kappa shape index (κ3) is 1.97. The molecule has 4 nitrogen and oxygen atoms in total. The third-order valence-electron chi connectivity index (χ3n) is 4.83. The van der Waals surface area contributed by atoms with Crippen LogP contribution < -0.4 is 0 Å². The lowest BCUT2D eigenvalue weighted by atomic mass is 9.96. The quantitative estimate of drug-likeness (QED) is 0.784. The molecule has 3 rings (SSSR count). The van der Waals surface area contributed by atoms with Gasteiger partial charge in [-0.25, -0.2) is 0 Å². The predicted octanol–water partition coefficient (Wildman–Crippen LogP) is 1.16. The van der Waals surface area contributed by atoms with Crippen molar-refractivity contribution in [3.63, 3.8) is 0 Å². The first kappa shape index (κ1) is 11.5. The summed E-state index contributed by atoms with van der Waals surface area (Å²) < 4.78 is 0. The maximum Gasteiger partial charge on any atom is 0.320 e. The van der Waals surface area contributed by atoms with Crippen LogP contribution in [0.1, 0.15) is 38.5 Å². The second-order valence-corrected chi connectivity index (χ2v) is 5.69. The number of rotatable bonds is 2. The number of hydrogen-bond donors (Lipinski definition) is 1. The van der Waals surface area contributed by atoms with E-state index in [0.717, 1.165) is 19.4 Å². The molecule has 3 heterocycles. The fourth-order valence-electron chi connectivity index (χ4n) is 4.06. The number of aliphatic carboxylic acids is 1. The molecule has 0 aromatic carbocycles. The summed E-state index contributed by atoms with van der Waals surface area (Å²) in [6, 6.07) is 0.947. The van der Waals surface area contributed by atoms with Crippen LogP contribution in [0.25, 0.3) is 0 Å². The summed E-state index contributed by atoms with van der Waals surface area (Å²) in [5, 5.41) is 9.35. The van der Waals surface area contributed by atoms with Crippen LogP contribution in [0, 0.1) is 0 Å². The molecule has 0 amide bonds. The van der Waals surface area contributed by atoms with Gasteiger partial charge < -0.3 is 5.11 Å². The summed E-state index contributed by atoms with van der Waals surface area (Å²) >= 11 is 0. The third-order valence-corrected chi connectivity index (χ3v) is 4.83. The molecule has 3 aliphatic rings. The van der Waals surface area contributed by atoms with E-state index in [1.165, 1.54) is 38.8 Å². The van der Waals surface area contributed by atoms with Crippen molar-refractivity contribution < 1.29 is 9.90 Å². The molecule has 3 aliphatic heterocycles. The first-order valence-corrected chi connectivity index (χ1v) is 7.00. The van der Waals surface area contributed by atoms with Gasteiger partial charge in [0.1, 0.15) is 6.04 Å². The van der Waals surface area contributed by atoms with E-state index in [0.29, 0.717) is 12.1 Å². The van der Waals surface area contributed by atoms with Crippen LogP contribution >= 0.6 is 0 Å². The van der Waals surface area contributed by atoms with Crippen molar-refractivity contribution in [3.8, 4) is 0 Å². The van der Waals surface area contributed by atoms with Crippen LogP contribution in [0.4, 0.5) is 0 Å². The van der Waals surface area contributed by atoms with Crippen LogP contribution in [0.15, 0.2) is 0 Å². The molecular weight excluding hydrogens is 216 g/mol. The Labute approximate surface area is 103 Å². The van der Waals surface area contributed by atoms with E-state index in [9.17, 15) is 9.90 Å². The molecular formula is C13H22N2O2. The van der Waals surface area contributed by atoms with Crippen molar-refractivity contribution in [2.75, 3.05) is 19.6 Å². The largest absolute Gasteiger partial charge is 0.480 e. The van der Waals surface area contributed by atoms with Crippen LogP contribution in [0.2, 0.25) is 0 Å². The SMILES string of the molecule is O=C(O)C1CCCCN1C1CCN2CCCC12. The van der Waals surface area contributed by atoms with Crippen LogP contribution in [-0.2, 0) is 4.79 Å². The number of nitrogens with zero attached hydrogens (tertiary/aromatic N) is 2. The standard InChI is InChI=1S/C13H22N2O2/c16-13(17)12-4-1-2-8-15(12)11-6-9-14-7-3-5-10(11)14/h10-12H,1-9H2,(H,16,17). The van der Waals surface area contributed by atoms with Crippen molar-refractivity contribution in [1.82, 2.24) is 9.80 Å². The van der Waals surface area contributed by atoms with E-state index in [2.05, 4.69) is 9.80 Å². The highest BCUT2D eigenvalue weighted by Gasteiger charge is 2.44. The first-order chi connectivity index (χ1) is 8.27. The number of fused-ring (bicyclic) bond motifs is 1. The molecule has 3 fully saturated rings. The van der Waals surface area contributed by atoms with Crippen molar-refractivity contribution in [1.29, 1.82) is 0 Å². The molecule has 3 unspecified atom stereocenters. The Bertz CT molecular complexity index is 308. The fraction of sp³-hybridized carbons (Fsp3) is 0.923. The minimum Gasteiger partial charge on any atom is -0.480 e. The molecule has 4 heteroatoms. The maximum atomic E-state index is 11.4. The van der Waals surface area contributed by atoms with Gasteiger partial charge in [0.05, 0.1) is 0 Å². The number of likely N-dealkylation sites (tertiary alicyclic amines) is 1. The number of hydrogen-bond acceptors (Lipinski definition) is 3. The van der Waals surface area contributed by atoms with Crippen LogP contribution in [0.5, 0.6) is 0 Å². The summed E-state index contributed by atoms with van der Waals surface area (Å²) in [4.78, 5) is 16.2. The van der Waals surface area contributed by atoms with E-state index in [1.807, 2.05) is 0 Å². The lowest BCUT2D eigenvalue weighted by Gasteiger charge is -2.39. The highest BCUT2D eigenvalue weighted by atomic mass is 16.4. The first-order valence-electron chi connectivity index (χ1n) is 7.00. The van der Waals surface area contributed by atoms with Gasteiger partial charge in [-0.3, -0.25) is 14.6 Å². The zero-order chi connectivity index (χ0) is 11.8. The molecule has 1 N–H and O–H groups in total.